The summed E-state index contributed by atoms with van der Waals surface area (Å²) in [6, 6.07) is 12.3. The molecule has 0 spiro atoms. The second-order valence-corrected chi connectivity index (χ2v) is 9.34. The highest BCUT2D eigenvalue weighted by Gasteiger charge is 2.42. The average molecular weight is 427 g/mol. The Hall–Kier alpha value is -2.51. The van der Waals surface area contributed by atoms with Gasteiger partial charge in [-0.25, -0.2) is 4.39 Å². The number of carbonyl (C=O) groups excluding carboxylic acids is 2. The number of amides is 2. The van der Waals surface area contributed by atoms with Crippen molar-refractivity contribution in [2.24, 2.45) is 5.92 Å². The average Bonchev–Trinajstić information content (AvgIpc) is 3.48. The van der Waals surface area contributed by atoms with Gasteiger partial charge in [0.15, 0.2) is 0 Å². The molecule has 29 heavy (non-hydrogen) atoms. The molecule has 1 saturated heterocycles. The maximum atomic E-state index is 14.2. The Labute approximate surface area is 176 Å². The van der Waals surface area contributed by atoms with Crippen LogP contribution < -0.4 is 4.90 Å². The summed E-state index contributed by atoms with van der Waals surface area (Å²) in [5.41, 5.74) is 1.44. The van der Waals surface area contributed by atoms with Crippen molar-refractivity contribution in [3.8, 4) is 0 Å². The van der Waals surface area contributed by atoms with Crippen molar-refractivity contribution in [3.63, 3.8) is 0 Å². The van der Waals surface area contributed by atoms with Crippen LogP contribution in [0.4, 0.5) is 10.1 Å². The minimum atomic E-state index is -0.454. The summed E-state index contributed by atoms with van der Waals surface area (Å²) in [5, 5.41) is 4.11. The van der Waals surface area contributed by atoms with E-state index in [0.29, 0.717) is 6.54 Å². The van der Waals surface area contributed by atoms with Gasteiger partial charge in [0.25, 0.3) is 0 Å². The van der Waals surface area contributed by atoms with Crippen molar-refractivity contribution in [1.82, 2.24) is 4.90 Å². The fraction of sp³-hybridized carbons (Fsp3) is 0.273. The zero-order valence-electron chi connectivity index (χ0n) is 15.6. The SMILES string of the molecule is O=C1C[C@@H](C(=O)N2CCc3sccc3[C@H]2c2cccs2)CN1c1ccccc1F. The van der Waals surface area contributed by atoms with E-state index in [-0.39, 0.29) is 36.5 Å². The molecule has 0 saturated carbocycles. The van der Waals surface area contributed by atoms with E-state index < -0.39 is 11.7 Å². The Morgan fingerprint density at radius 2 is 1.93 bits per heavy atom. The normalized spacial score (nSPS) is 21.5. The Balaban J connectivity index is 1.43. The van der Waals surface area contributed by atoms with E-state index in [1.807, 2.05) is 16.3 Å². The highest BCUT2D eigenvalue weighted by molar-refractivity contribution is 7.10. The van der Waals surface area contributed by atoms with Gasteiger partial charge in [-0.2, -0.15) is 0 Å². The fourth-order valence-electron chi connectivity index (χ4n) is 4.32. The summed E-state index contributed by atoms with van der Waals surface area (Å²) < 4.78 is 14.2. The van der Waals surface area contributed by atoms with Gasteiger partial charge < -0.3 is 9.80 Å². The van der Waals surface area contributed by atoms with Crippen molar-refractivity contribution in [1.29, 1.82) is 0 Å². The number of anilines is 1. The molecule has 0 bridgehead atoms. The fourth-order valence-corrected chi connectivity index (χ4v) is 6.08. The summed E-state index contributed by atoms with van der Waals surface area (Å²) >= 11 is 3.38. The number of fused-ring (bicyclic) bond motifs is 1. The molecule has 5 rings (SSSR count). The molecule has 2 aliphatic heterocycles. The Morgan fingerprint density at radius 3 is 2.72 bits per heavy atom. The summed E-state index contributed by atoms with van der Waals surface area (Å²) in [6.45, 7) is 0.863. The number of hydrogen-bond acceptors (Lipinski definition) is 4. The van der Waals surface area contributed by atoms with E-state index in [1.54, 1.807) is 40.9 Å². The van der Waals surface area contributed by atoms with Gasteiger partial charge in [-0.05, 0) is 47.0 Å². The van der Waals surface area contributed by atoms with Crippen LogP contribution in [0.2, 0.25) is 0 Å². The van der Waals surface area contributed by atoms with Gasteiger partial charge >= 0.3 is 0 Å². The first-order valence-corrected chi connectivity index (χ1v) is 11.3. The molecule has 4 heterocycles. The predicted octanol–water partition coefficient (Wildman–Crippen LogP) is 4.48. The van der Waals surface area contributed by atoms with Crippen molar-refractivity contribution in [2.45, 2.75) is 18.9 Å². The highest BCUT2D eigenvalue weighted by Crippen LogP contribution is 2.41. The molecular formula is C22H19FN2O2S2. The first-order valence-electron chi connectivity index (χ1n) is 9.58. The lowest BCUT2D eigenvalue weighted by atomic mass is 9.96. The van der Waals surface area contributed by atoms with E-state index in [2.05, 4.69) is 17.5 Å². The molecule has 2 aliphatic rings. The molecule has 0 unspecified atom stereocenters. The number of rotatable bonds is 3. The van der Waals surface area contributed by atoms with Crippen LogP contribution in [0.5, 0.6) is 0 Å². The second-order valence-electron chi connectivity index (χ2n) is 7.36. The number of halogens is 1. The maximum Gasteiger partial charge on any atom is 0.228 e. The lowest BCUT2D eigenvalue weighted by Crippen LogP contribution is -2.43. The van der Waals surface area contributed by atoms with Crippen molar-refractivity contribution < 1.29 is 14.0 Å². The van der Waals surface area contributed by atoms with E-state index >= 15 is 0 Å². The van der Waals surface area contributed by atoms with Crippen molar-refractivity contribution in [3.05, 3.63) is 74.4 Å². The summed E-state index contributed by atoms with van der Waals surface area (Å²) in [6.07, 6.45) is 0.954. The zero-order chi connectivity index (χ0) is 20.0. The number of nitrogens with zero attached hydrogens (tertiary/aromatic N) is 2. The molecule has 2 amide bonds. The van der Waals surface area contributed by atoms with Crippen LogP contribution in [-0.4, -0.2) is 29.8 Å². The number of carbonyl (C=O) groups is 2. The van der Waals surface area contributed by atoms with Gasteiger partial charge in [-0.3, -0.25) is 9.59 Å². The summed E-state index contributed by atoms with van der Waals surface area (Å²) in [5.74, 6) is -1.11. The number of para-hydroxylation sites is 1. The van der Waals surface area contributed by atoms with Crippen LogP contribution in [0.3, 0.4) is 0 Å². The molecule has 2 atom stereocenters. The lowest BCUT2D eigenvalue weighted by Gasteiger charge is -2.37. The third-order valence-electron chi connectivity index (χ3n) is 5.68. The Kier molecular flexibility index (Phi) is 4.72. The molecule has 1 fully saturated rings. The van der Waals surface area contributed by atoms with Gasteiger partial charge in [0.1, 0.15) is 5.82 Å². The molecule has 0 aliphatic carbocycles. The molecule has 7 heteroatoms. The summed E-state index contributed by atoms with van der Waals surface area (Å²) in [7, 11) is 0. The third kappa shape index (κ3) is 3.18. The minimum Gasteiger partial charge on any atom is -0.330 e. The van der Waals surface area contributed by atoms with E-state index in [1.165, 1.54) is 21.4 Å². The highest BCUT2D eigenvalue weighted by atomic mass is 32.1. The van der Waals surface area contributed by atoms with Gasteiger partial charge in [-0.1, -0.05) is 18.2 Å². The number of thiophene rings is 2. The molecule has 0 N–H and O–H groups in total. The minimum absolute atomic E-state index is 0.0209. The standard InChI is InChI=1S/C22H19FN2O2S2/c23-16-4-1-2-5-17(16)25-13-14(12-20(25)26)22(27)24-9-7-18-15(8-11-29-18)21(24)19-6-3-10-28-19/h1-6,8,10-11,14,21H,7,9,12-13H2/t14-,21+/m1/s1. The number of benzene rings is 1. The molecule has 1 aromatic carbocycles. The largest absolute Gasteiger partial charge is 0.330 e. The maximum absolute atomic E-state index is 14.2. The topological polar surface area (TPSA) is 40.6 Å². The van der Waals surface area contributed by atoms with Crippen LogP contribution in [-0.2, 0) is 16.0 Å². The van der Waals surface area contributed by atoms with E-state index in [0.717, 1.165) is 11.3 Å². The van der Waals surface area contributed by atoms with Crippen LogP contribution in [0.15, 0.2) is 53.2 Å². The Bertz CT molecular complexity index is 1060. The van der Waals surface area contributed by atoms with Gasteiger partial charge in [-0.15, -0.1) is 22.7 Å². The van der Waals surface area contributed by atoms with Crippen molar-refractivity contribution in [2.75, 3.05) is 18.0 Å². The van der Waals surface area contributed by atoms with Crippen LogP contribution >= 0.6 is 22.7 Å². The van der Waals surface area contributed by atoms with Crippen LogP contribution in [0.1, 0.15) is 27.8 Å². The molecular weight excluding hydrogens is 407 g/mol. The molecule has 0 radical (unpaired) electrons. The lowest BCUT2D eigenvalue weighted by molar-refractivity contribution is -0.137. The van der Waals surface area contributed by atoms with Crippen molar-refractivity contribution >= 4 is 40.2 Å². The van der Waals surface area contributed by atoms with E-state index in [9.17, 15) is 14.0 Å². The monoisotopic (exact) mass is 426 g/mol. The molecule has 2 aromatic heterocycles. The third-order valence-corrected chi connectivity index (χ3v) is 7.60. The first kappa shape index (κ1) is 18.5. The van der Waals surface area contributed by atoms with Gasteiger partial charge in [0.05, 0.1) is 17.6 Å². The zero-order valence-corrected chi connectivity index (χ0v) is 17.2. The van der Waals surface area contributed by atoms with E-state index in [4.69, 9.17) is 0 Å². The molecule has 148 valence electrons. The first-order chi connectivity index (χ1) is 14.1. The predicted molar refractivity (Wildman–Crippen MR) is 113 cm³/mol. The van der Waals surface area contributed by atoms with Gasteiger partial charge in [0, 0.05) is 29.3 Å². The van der Waals surface area contributed by atoms with Crippen LogP contribution in [0.25, 0.3) is 0 Å². The second kappa shape index (κ2) is 7.39. The smallest absolute Gasteiger partial charge is 0.228 e. The number of hydrogen-bond donors (Lipinski definition) is 0. The summed E-state index contributed by atoms with van der Waals surface area (Å²) in [4.78, 5) is 31.9. The van der Waals surface area contributed by atoms with Gasteiger partial charge in [0.2, 0.25) is 11.8 Å². The molecule has 3 aromatic rings. The molecule has 4 nitrogen and oxygen atoms in total. The van der Waals surface area contributed by atoms with Crippen LogP contribution in [0, 0.1) is 11.7 Å². The quantitative estimate of drug-likeness (QED) is 0.620. The Morgan fingerprint density at radius 1 is 1.07 bits per heavy atom.